The van der Waals surface area contributed by atoms with Crippen LogP contribution in [0.1, 0.15) is 6.92 Å². The van der Waals surface area contributed by atoms with E-state index < -0.39 is 28.9 Å². The van der Waals surface area contributed by atoms with Gasteiger partial charge in [-0.2, -0.15) is 5.26 Å². The first-order valence-corrected chi connectivity index (χ1v) is 12.2. The molecule has 2 aliphatic rings. The van der Waals surface area contributed by atoms with Crippen molar-refractivity contribution in [2.75, 3.05) is 29.6 Å². The third kappa shape index (κ3) is 4.52. The van der Waals surface area contributed by atoms with Crippen LogP contribution in [0.15, 0.2) is 16.4 Å². The molecule has 2 aliphatic heterocycles. The highest BCUT2D eigenvalue weighted by atomic mass is 32.2. The van der Waals surface area contributed by atoms with Gasteiger partial charge in [0, 0.05) is 25.2 Å². The van der Waals surface area contributed by atoms with Gasteiger partial charge in [-0.1, -0.05) is 11.8 Å². The Morgan fingerprint density at radius 1 is 1.52 bits per heavy atom. The van der Waals surface area contributed by atoms with Crippen molar-refractivity contribution in [3.05, 3.63) is 11.3 Å². The lowest BCUT2D eigenvalue weighted by molar-refractivity contribution is -0.197. The largest absolute Gasteiger partial charge is 0.477 e. The highest BCUT2D eigenvalue weighted by molar-refractivity contribution is 8.01. The summed E-state index contributed by atoms with van der Waals surface area (Å²) in [7, 11) is 1.67. The lowest BCUT2D eigenvalue weighted by Crippen LogP contribution is -2.81. The number of nitrogens with zero attached hydrogens (tertiary/aromatic N) is 6. The van der Waals surface area contributed by atoms with Gasteiger partial charge in [0.15, 0.2) is 0 Å². The number of amides is 2. The summed E-state index contributed by atoms with van der Waals surface area (Å²) in [4.78, 5) is 38.6. The standard InChI is InChI=1S/C16H19N7O5S3/c1-3-28-16(18-10(24)8-29-5-4-17)13(27)23-11(12(25)26)9(6-30-14(16)23)7-31-15-19-20-21-22(15)2/h14H,3,5-8H2,1-2H3,(H,18,24)(H,25,26)/t14?,16-/m0/s1. The fourth-order valence-electron chi connectivity index (χ4n) is 3.14. The topological polar surface area (TPSA) is 163 Å². The molecule has 1 saturated heterocycles. The number of tetrazole rings is 1. The van der Waals surface area contributed by atoms with E-state index in [2.05, 4.69) is 20.8 Å². The van der Waals surface area contributed by atoms with E-state index in [0.29, 0.717) is 16.5 Å². The number of nitriles is 1. The van der Waals surface area contributed by atoms with Crippen LogP contribution in [0.5, 0.6) is 0 Å². The molecule has 1 fully saturated rings. The quantitative estimate of drug-likeness (QED) is 0.192. The van der Waals surface area contributed by atoms with Crippen LogP contribution in [0.3, 0.4) is 0 Å². The van der Waals surface area contributed by atoms with Crippen molar-refractivity contribution in [1.29, 1.82) is 5.26 Å². The zero-order valence-corrected chi connectivity index (χ0v) is 19.1. The van der Waals surface area contributed by atoms with E-state index in [9.17, 15) is 19.5 Å². The number of fused-ring (bicyclic) bond motifs is 1. The summed E-state index contributed by atoms with van der Waals surface area (Å²) in [6.45, 7) is 1.84. The summed E-state index contributed by atoms with van der Waals surface area (Å²) >= 11 is 3.70. The Balaban J connectivity index is 1.80. The summed E-state index contributed by atoms with van der Waals surface area (Å²) in [5.41, 5.74) is -1.19. The van der Waals surface area contributed by atoms with Crippen molar-refractivity contribution in [3.8, 4) is 6.07 Å². The molecule has 15 heteroatoms. The number of carboxylic acid groups (broad SMARTS) is 1. The van der Waals surface area contributed by atoms with Gasteiger partial charge in [-0.15, -0.1) is 28.6 Å². The highest BCUT2D eigenvalue weighted by Crippen LogP contribution is 2.47. The second-order valence-corrected chi connectivity index (χ2v) is 9.33. The van der Waals surface area contributed by atoms with Crippen molar-refractivity contribution >= 4 is 53.1 Å². The van der Waals surface area contributed by atoms with E-state index in [4.69, 9.17) is 10.00 Å². The molecule has 0 saturated carbocycles. The maximum atomic E-state index is 13.1. The second kappa shape index (κ2) is 9.90. The van der Waals surface area contributed by atoms with Gasteiger partial charge in [0.1, 0.15) is 11.1 Å². The van der Waals surface area contributed by atoms with Crippen LogP contribution in [0.2, 0.25) is 0 Å². The number of carbonyl (C=O) groups excluding carboxylic acids is 2. The molecule has 1 aromatic heterocycles. The number of thioether (sulfide) groups is 3. The van der Waals surface area contributed by atoms with Gasteiger partial charge in [-0.05, 0) is 22.9 Å². The van der Waals surface area contributed by atoms with Gasteiger partial charge in [0.05, 0.1) is 17.6 Å². The minimum absolute atomic E-state index is 0.0116. The molecule has 0 aliphatic carbocycles. The summed E-state index contributed by atoms with van der Waals surface area (Å²) in [6.07, 6.45) is 0. The summed E-state index contributed by atoms with van der Waals surface area (Å²) in [6, 6.07) is 1.93. The summed E-state index contributed by atoms with van der Waals surface area (Å²) in [5.74, 6) is -1.57. The molecule has 1 aromatic rings. The molecule has 1 unspecified atom stereocenters. The minimum Gasteiger partial charge on any atom is -0.477 e. The monoisotopic (exact) mass is 485 g/mol. The first kappa shape index (κ1) is 23.4. The SMILES string of the molecule is CCO[C@@]1(NC(=O)CSCC#N)C(=O)N2C(C(=O)O)=C(CSc3nnnn3C)CSC21. The molecule has 31 heavy (non-hydrogen) atoms. The lowest BCUT2D eigenvalue weighted by Gasteiger charge is -2.56. The average molecular weight is 486 g/mol. The van der Waals surface area contributed by atoms with Crippen LogP contribution in [-0.4, -0.2) is 88.7 Å². The van der Waals surface area contributed by atoms with Crippen LogP contribution < -0.4 is 5.32 Å². The molecule has 2 amide bonds. The van der Waals surface area contributed by atoms with E-state index in [1.807, 2.05) is 6.07 Å². The predicted octanol–water partition coefficient (Wildman–Crippen LogP) is -0.338. The molecular formula is C16H19N7O5S3. The average Bonchev–Trinajstić information content (AvgIpc) is 3.15. The van der Waals surface area contributed by atoms with Gasteiger partial charge < -0.3 is 15.2 Å². The van der Waals surface area contributed by atoms with E-state index in [0.717, 1.165) is 11.8 Å². The molecule has 2 N–H and O–H groups in total. The molecule has 12 nitrogen and oxygen atoms in total. The fraction of sp³-hybridized carbons (Fsp3) is 0.562. The number of rotatable bonds is 10. The fourth-order valence-corrected chi connectivity index (χ4v) is 5.99. The number of hydrogen-bond acceptors (Lipinski definition) is 11. The Morgan fingerprint density at radius 3 is 2.90 bits per heavy atom. The van der Waals surface area contributed by atoms with Crippen molar-refractivity contribution in [2.24, 2.45) is 7.05 Å². The molecular weight excluding hydrogens is 466 g/mol. The molecule has 3 heterocycles. The van der Waals surface area contributed by atoms with E-state index >= 15 is 0 Å². The number of aliphatic carboxylic acids is 1. The predicted molar refractivity (Wildman–Crippen MR) is 113 cm³/mol. The normalized spacial score (nSPS) is 22.5. The molecule has 166 valence electrons. The Hall–Kier alpha value is -2.28. The van der Waals surface area contributed by atoms with Crippen molar-refractivity contribution < 1.29 is 24.2 Å². The second-order valence-electron chi connectivity index (χ2n) is 6.34. The van der Waals surface area contributed by atoms with E-state index in [1.54, 1.807) is 14.0 Å². The Kier molecular flexibility index (Phi) is 7.46. The number of carboxylic acids is 1. The summed E-state index contributed by atoms with van der Waals surface area (Å²) < 4.78 is 7.12. The molecule has 0 bridgehead atoms. The third-order valence-corrected chi connectivity index (χ3v) is 7.64. The highest BCUT2D eigenvalue weighted by Gasteiger charge is 2.66. The zero-order chi connectivity index (χ0) is 22.6. The van der Waals surface area contributed by atoms with Gasteiger partial charge in [-0.25, -0.2) is 9.48 Å². The Labute approximate surface area is 190 Å². The van der Waals surface area contributed by atoms with Gasteiger partial charge in [0.25, 0.3) is 11.6 Å². The maximum absolute atomic E-state index is 13.1. The van der Waals surface area contributed by atoms with Crippen LogP contribution in [0.4, 0.5) is 0 Å². The maximum Gasteiger partial charge on any atom is 0.352 e. The number of nitrogens with one attached hydrogen (secondary N) is 1. The Morgan fingerprint density at radius 2 is 2.29 bits per heavy atom. The number of hydrogen-bond donors (Lipinski definition) is 2. The van der Waals surface area contributed by atoms with Crippen molar-refractivity contribution in [1.82, 2.24) is 30.4 Å². The Bertz CT molecular complexity index is 962. The third-order valence-electron chi connectivity index (χ3n) is 4.37. The van der Waals surface area contributed by atoms with E-state index in [-0.39, 0.29) is 29.6 Å². The van der Waals surface area contributed by atoms with Crippen LogP contribution in [0, 0.1) is 11.3 Å². The van der Waals surface area contributed by atoms with Crippen LogP contribution in [0.25, 0.3) is 0 Å². The van der Waals surface area contributed by atoms with E-state index in [1.165, 1.54) is 33.1 Å². The first-order valence-electron chi connectivity index (χ1n) is 9.01. The minimum atomic E-state index is -1.63. The number of ether oxygens (including phenoxy) is 1. The zero-order valence-electron chi connectivity index (χ0n) is 16.6. The van der Waals surface area contributed by atoms with Crippen molar-refractivity contribution in [2.45, 2.75) is 23.2 Å². The smallest absolute Gasteiger partial charge is 0.352 e. The van der Waals surface area contributed by atoms with Crippen LogP contribution >= 0.6 is 35.3 Å². The summed E-state index contributed by atoms with van der Waals surface area (Å²) in [5, 5.41) is 32.0. The molecule has 0 radical (unpaired) electrons. The molecule has 3 rings (SSSR count). The number of aryl methyl sites for hydroxylation is 1. The van der Waals surface area contributed by atoms with Gasteiger partial charge in [0.2, 0.25) is 11.1 Å². The molecule has 0 spiro atoms. The van der Waals surface area contributed by atoms with Crippen LogP contribution in [-0.2, 0) is 26.2 Å². The van der Waals surface area contributed by atoms with Crippen molar-refractivity contribution in [3.63, 3.8) is 0 Å². The molecule has 0 aromatic carbocycles. The number of carbonyl (C=O) groups is 3. The van der Waals surface area contributed by atoms with Gasteiger partial charge >= 0.3 is 5.97 Å². The molecule has 2 atom stereocenters. The number of aromatic nitrogens is 4. The number of β-lactam (4-membered cyclic amide) rings is 1. The first-order chi connectivity index (χ1) is 14.9. The van der Waals surface area contributed by atoms with Gasteiger partial charge in [-0.3, -0.25) is 14.5 Å². The lowest BCUT2D eigenvalue weighted by atomic mass is 9.98.